The molecule has 3 heteroatoms. The average Bonchev–Trinajstić information content (AvgIpc) is 2.50. The first-order chi connectivity index (χ1) is 7.33. The summed E-state index contributed by atoms with van der Waals surface area (Å²) in [5, 5.41) is 0. The van der Waals surface area contributed by atoms with Crippen molar-refractivity contribution in [2.24, 2.45) is 0 Å². The van der Waals surface area contributed by atoms with Crippen LogP contribution in [-0.4, -0.2) is 32.4 Å². The minimum atomic E-state index is -2.63. The summed E-state index contributed by atoms with van der Waals surface area (Å²) in [6, 6.07) is 0. The van der Waals surface area contributed by atoms with E-state index in [4.69, 9.17) is 6.15 Å². The third kappa shape index (κ3) is 4.87. The van der Waals surface area contributed by atoms with Crippen LogP contribution in [-0.2, 0) is 6.15 Å². The molecule has 15 heavy (non-hydrogen) atoms. The summed E-state index contributed by atoms with van der Waals surface area (Å²) < 4.78 is 14.7. The second kappa shape index (κ2) is 7.69. The second-order valence-corrected chi connectivity index (χ2v) is 13.9. The fourth-order valence-electron chi connectivity index (χ4n) is 1.88. The molecule has 0 bridgehead atoms. The van der Waals surface area contributed by atoms with Gasteiger partial charge in [-0.1, -0.05) is 0 Å². The molecule has 1 aliphatic rings. The van der Waals surface area contributed by atoms with Gasteiger partial charge in [0.25, 0.3) is 0 Å². The molecule has 0 unspecified atom stereocenters. The molecule has 0 aliphatic carbocycles. The van der Waals surface area contributed by atoms with E-state index in [9.17, 15) is 0 Å². The van der Waals surface area contributed by atoms with E-state index in [-0.39, 0.29) is 0 Å². The Morgan fingerprint density at radius 1 is 0.933 bits per heavy atom. The normalized spacial score (nSPS) is 20.1. The number of hydrogen-bond acceptors (Lipinski definition) is 2. The summed E-state index contributed by atoms with van der Waals surface area (Å²) in [5.41, 5.74) is 0. The van der Waals surface area contributed by atoms with Crippen molar-refractivity contribution < 1.29 is 6.15 Å². The maximum atomic E-state index is 6.10. The molecule has 88 valence electrons. The molecule has 0 aromatic heterocycles. The molecule has 0 spiro atoms. The zero-order valence-corrected chi connectivity index (χ0v) is 13.0. The van der Waals surface area contributed by atoms with E-state index < -0.39 is 19.2 Å². The molecule has 0 aromatic carbocycles. The van der Waals surface area contributed by atoms with Crippen LogP contribution >= 0.6 is 0 Å². The second-order valence-electron chi connectivity index (χ2n) is 4.21. The van der Waals surface area contributed by atoms with Crippen molar-refractivity contribution in [2.75, 3.05) is 13.2 Å². The molecular formula is C12H24O2Sn. The van der Waals surface area contributed by atoms with Gasteiger partial charge in [-0.2, -0.15) is 0 Å². The Labute approximate surface area is 99.0 Å². The van der Waals surface area contributed by atoms with Gasteiger partial charge in [0.1, 0.15) is 0 Å². The van der Waals surface area contributed by atoms with Gasteiger partial charge < -0.3 is 0 Å². The van der Waals surface area contributed by atoms with Gasteiger partial charge in [-0.3, -0.25) is 0 Å². The number of hydrogen-bond donors (Lipinski definition) is 0. The van der Waals surface area contributed by atoms with Gasteiger partial charge in [-0.05, 0) is 0 Å². The van der Waals surface area contributed by atoms with E-state index in [1.807, 2.05) is 0 Å². The van der Waals surface area contributed by atoms with Crippen molar-refractivity contribution in [1.82, 2.24) is 0 Å². The standard InChI is InChI=1S/C4H6O2.2C4H9.Sn/c5-3-1-2-4-6;2*1-3-4-2;/h1-2H,3-4H2;2*1,3-4H2,2H3;/q-2;;;+2. The van der Waals surface area contributed by atoms with Crippen LogP contribution in [0.5, 0.6) is 0 Å². The third-order valence-corrected chi connectivity index (χ3v) is 13.2. The topological polar surface area (TPSA) is 18.5 Å². The average molecular weight is 319 g/mol. The first-order valence-corrected chi connectivity index (χ1v) is 12.6. The van der Waals surface area contributed by atoms with Crippen molar-refractivity contribution in [3.63, 3.8) is 0 Å². The monoisotopic (exact) mass is 320 g/mol. The molecule has 1 aliphatic heterocycles. The molecule has 0 saturated heterocycles. The van der Waals surface area contributed by atoms with Crippen LogP contribution in [0.1, 0.15) is 39.5 Å². The Hall–Kier alpha value is 0.459. The van der Waals surface area contributed by atoms with Crippen LogP contribution in [0.2, 0.25) is 8.87 Å². The van der Waals surface area contributed by atoms with Gasteiger partial charge in [-0.15, -0.1) is 0 Å². The summed E-state index contributed by atoms with van der Waals surface area (Å²) >= 11 is -2.63. The Bertz CT molecular complexity index is 172. The molecule has 0 N–H and O–H groups in total. The van der Waals surface area contributed by atoms with Gasteiger partial charge >= 0.3 is 99.1 Å². The Morgan fingerprint density at radius 3 is 1.80 bits per heavy atom. The van der Waals surface area contributed by atoms with Gasteiger partial charge in [0.2, 0.25) is 0 Å². The fourth-order valence-corrected chi connectivity index (χ4v) is 11.9. The van der Waals surface area contributed by atoms with Crippen molar-refractivity contribution in [3.05, 3.63) is 12.2 Å². The molecule has 0 atom stereocenters. The van der Waals surface area contributed by atoms with Crippen LogP contribution < -0.4 is 0 Å². The molecular weight excluding hydrogens is 295 g/mol. The first kappa shape index (κ1) is 13.5. The van der Waals surface area contributed by atoms with Gasteiger partial charge in [0.05, 0.1) is 0 Å². The Kier molecular flexibility index (Phi) is 6.93. The summed E-state index contributed by atoms with van der Waals surface area (Å²) in [5.74, 6) is 0. The van der Waals surface area contributed by atoms with E-state index in [0.29, 0.717) is 0 Å². The van der Waals surface area contributed by atoms with Crippen LogP contribution in [0.25, 0.3) is 0 Å². The SMILES string of the molecule is CCC[CH2][Sn]1([CH2]CCC)[O]CC=CC[O]1. The van der Waals surface area contributed by atoms with Gasteiger partial charge in [0, 0.05) is 0 Å². The van der Waals surface area contributed by atoms with Crippen molar-refractivity contribution in [3.8, 4) is 0 Å². The molecule has 1 rings (SSSR count). The van der Waals surface area contributed by atoms with E-state index in [0.717, 1.165) is 13.2 Å². The van der Waals surface area contributed by atoms with E-state index in [1.54, 1.807) is 0 Å². The van der Waals surface area contributed by atoms with Crippen LogP contribution in [0.15, 0.2) is 12.2 Å². The van der Waals surface area contributed by atoms with Gasteiger partial charge in [0.15, 0.2) is 0 Å². The number of unbranched alkanes of at least 4 members (excludes halogenated alkanes) is 2. The summed E-state index contributed by atoms with van der Waals surface area (Å²) in [6.07, 6.45) is 9.28. The van der Waals surface area contributed by atoms with Crippen LogP contribution in [0.4, 0.5) is 0 Å². The summed E-state index contributed by atoms with van der Waals surface area (Å²) in [7, 11) is 0. The first-order valence-electron chi connectivity index (χ1n) is 6.26. The van der Waals surface area contributed by atoms with Crippen molar-refractivity contribution in [1.29, 1.82) is 0 Å². The molecule has 2 nitrogen and oxygen atoms in total. The fraction of sp³-hybridized carbons (Fsp3) is 0.833. The van der Waals surface area contributed by atoms with Gasteiger partial charge in [-0.25, -0.2) is 0 Å². The summed E-state index contributed by atoms with van der Waals surface area (Å²) in [4.78, 5) is 0. The molecule has 0 aromatic rings. The van der Waals surface area contributed by atoms with Crippen molar-refractivity contribution >= 4 is 19.2 Å². The number of rotatable bonds is 6. The van der Waals surface area contributed by atoms with Crippen LogP contribution in [0, 0.1) is 0 Å². The third-order valence-electron chi connectivity index (χ3n) is 2.87. The Morgan fingerprint density at radius 2 is 1.40 bits per heavy atom. The summed E-state index contributed by atoms with van der Waals surface area (Å²) in [6.45, 7) is 6.08. The molecule has 1 heterocycles. The Balaban J connectivity index is 2.49. The quantitative estimate of drug-likeness (QED) is 0.550. The van der Waals surface area contributed by atoms with Crippen molar-refractivity contribution in [2.45, 2.75) is 48.4 Å². The molecule has 0 fully saturated rings. The van der Waals surface area contributed by atoms with E-state index in [2.05, 4.69) is 26.0 Å². The van der Waals surface area contributed by atoms with E-state index >= 15 is 0 Å². The van der Waals surface area contributed by atoms with E-state index in [1.165, 1.54) is 34.6 Å². The molecule has 0 radical (unpaired) electrons. The van der Waals surface area contributed by atoms with Crippen LogP contribution in [0.3, 0.4) is 0 Å². The molecule has 0 saturated carbocycles. The molecule has 0 amide bonds. The zero-order chi connectivity index (χ0) is 11.0. The maximum absolute atomic E-state index is 6.10. The minimum absolute atomic E-state index is 0.795. The zero-order valence-electron chi connectivity index (χ0n) is 10.1. The predicted octanol–water partition coefficient (Wildman–Crippen LogP) is 3.63. The predicted molar refractivity (Wildman–Crippen MR) is 66.2 cm³/mol.